The second-order valence-electron chi connectivity index (χ2n) is 5.63. The van der Waals surface area contributed by atoms with Gasteiger partial charge in [-0.1, -0.05) is 12.1 Å². The SMILES string of the molecule is O=C(c1cnsn1)N1CCC(n2c(=O)[nH]c3ccccc32)CC1. The number of rotatable bonds is 2. The molecule has 1 fully saturated rings. The number of amides is 1. The van der Waals surface area contributed by atoms with Crippen molar-refractivity contribution in [3.05, 3.63) is 46.6 Å². The third-order valence-corrected chi connectivity index (χ3v) is 4.80. The average Bonchev–Trinajstić information content (AvgIpc) is 3.21. The number of hydrogen-bond donors (Lipinski definition) is 1. The Morgan fingerprint density at radius 1 is 1.26 bits per heavy atom. The van der Waals surface area contributed by atoms with Gasteiger partial charge in [0, 0.05) is 19.1 Å². The van der Waals surface area contributed by atoms with Crippen LogP contribution in [0.1, 0.15) is 29.4 Å². The number of carbonyl (C=O) groups is 1. The third-order valence-electron chi connectivity index (χ3n) is 4.32. The topological polar surface area (TPSA) is 83.9 Å². The van der Waals surface area contributed by atoms with Gasteiger partial charge < -0.3 is 9.88 Å². The lowest BCUT2D eigenvalue weighted by molar-refractivity contribution is 0.0690. The van der Waals surface area contributed by atoms with E-state index in [0.717, 1.165) is 35.6 Å². The lowest BCUT2D eigenvalue weighted by atomic mass is 10.0. The van der Waals surface area contributed by atoms with E-state index in [1.54, 1.807) is 4.90 Å². The maximum atomic E-state index is 12.3. The maximum absolute atomic E-state index is 12.3. The highest BCUT2D eigenvalue weighted by atomic mass is 32.1. The number of nitrogens with one attached hydrogen (secondary N) is 1. The number of piperidine rings is 1. The van der Waals surface area contributed by atoms with Crippen LogP contribution in [0.5, 0.6) is 0 Å². The quantitative estimate of drug-likeness (QED) is 0.775. The van der Waals surface area contributed by atoms with Gasteiger partial charge in [-0.2, -0.15) is 8.75 Å². The molecular formula is C15H15N5O2S. The first-order valence-electron chi connectivity index (χ1n) is 7.50. The highest BCUT2D eigenvalue weighted by Gasteiger charge is 2.27. The van der Waals surface area contributed by atoms with Crippen molar-refractivity contribution < 1.29 is 4.79 Å². The van der Waals surface area contributed by atoms with Crippen molar-refractivity contribution in [1.29, 1.82) is 0 Å². The normalized spacial score (nSPS) is 16.1. The van der Waals surface area contributed by atoms with Gasteiger partial charge in [-0.25, -0.2) is 4.79 Å². The standard InChI is InChI=1S/C15H15N5O2S/c21-14(12-9-16-23-18-12)19-7-5-10(6-8-19)20-13-4-2-1-3-11(13)17-15(20)22/h1-4,9-10H,5-8H2,(H,17,22). The lowest BCUT2D eigenvalue weighted by Gasteiger charge is -2.32. The molecule has 0 saturated carbocycles. The Bertz CT molecular complexity index is 890. The summed E-state index contributed by atoms with van der Waals surface area (Å²) >= 11 is 1.04. The van der Waals surface area contributed by atoms with Gasteiger partial charge in [0.05, 0.1) is 29.0 Å². The molecule has 1 amide bonds. The molecule has 2 aromatic heterocycles. The van der Waals surface area contributed by atoms with Crippen LogP contribution < -0.4 is 5.69 Å². The number of aromatic amines is 1. The Balaban J connectivity index is 1.54. The molecule has 3 aromatic rings. The van der Waals surface area contributed by atoms with E-state index in [1.165, 1.54) is 6.20 Å². The lowest BCUT2D eigenvalue weighted by Crippen LogP contribution is -2.40. The molecule has 0 aliphatic carbocycles. The summed E-state index contributed by atoms with van der Waals surface area (Å²) in [6, 6.07) is 7.80. The minimum atomic E-state index is -0.0836. The van der Waals surface area contributed by atoms with Crippen molar-refractivity contribution in [3.63, 3.8) is 0 Å². The number of aromatic nitrogens is 4. The van der Waals surface area contributed by atoms with E-state index in [-0.39, 0.29) is 17.6 Å². The first-order valence-corrected chi connectivity index (χ1v) is 8.23. The predicted molar refractivity (Wildman–Crippen MR) is 86.6 cm³/mol. The molecule has 23 heavy (non-hydrogen) atoms. The van der Waals surface area contributed by atoms with Gasteiger partial charge in [-0.15, -0.1) is 0 Å². The fourth-order valence-electron chi connectivity index (χ4n) is 3.18. The second kappa shape index (κ2) is 5.62. The molecule has 0 radical (unpaired) electrons. The van der Waals surface area contributed by atoms with Crippen molar-refractivity contribution in [1.82, 2.24) is 23.2 Å². The van der Waals surface area contributed by atoms with Gasteiger partial charge in [-0.05, 0) is 25.0 Å². The molecule has 1 aliphatic heterocycles. The summed E-state index contributed by atoms with van der Waals surface area (Å²) in [5.74, 6) is -0.0801. The molecule has 7 nitrogen and oxygen atoms in total. The number of nitrogens with zero attached hydrogens (tertiary/aromatic N) is 4. The molecule has 8 heteroatoms. The molecule has 0 bridgehead atoms. The minimum absolute atomic E-state index is 0.0801. The van der Waals surface area contributed by atoms with Gasteiger partial charge in [0.15, 0.2) is 5.69 Å². The number of carbonyl (C=O) groups excluding carboxylic acids is 1. The average molecular weight is 329 g/mol. The zero-order chi connectivity index (χ0) is 15.8. The van der Waals surface area contributed by atoms with E-state index < -0.39 is 0 Å². The summed E-state index contributed by atoms with van der Waals surface area (Å²) in [7, 11) is 0. The largest absolute Gasteiger partial charge is 0.337 e. The van der Waals surface area contributed by atoms with Crippen LogP contribution in [-0.2, 0) is 0 Å². The molecule has 1 aliphatic rings. The first kappa shape index (κ1) is 14.1. The zero-order valence-corrected chi connectivity index (χ0v) is 13.1. The Kier molecular flexibility index (Phi) is 3.45. The Labute approximate surface area is 135 Å². The van der Waals surface area contributed by atoms with E-state index in [9.17, 15) is 9.59 Å². The van der Waals surface area contributed by atoms with E-state index in [0.29, 0.717) is 18.8 Å². The summed E-state index contributed by atoms with van der Waals surface area (Å²) in [5.41, 5.74) is 2.09. The van der Waals surface area contributed by atoms with E-state index in [1.807, 2.05) is 28.8 Å². The number of imidazole rings is 1. The first-order chi connectivity index (χ1) is 11.2. The van der Waals surface area contributed by atoms with Crippen LogP contribution in [0.2, 0.25) is 0 Å². The van der Waals surface area contributed by atoms with Gasteiger partial charge in [0.2, 0.25) is 0 Å². The number of benzene rings is 1. The zero-order valence-electron chi connectivity index (χ0n) is 12.3. The van der Waals surface area contributed by atoms with Crippen molar-refractivity contribution >= 4 is 28.7 Å². The fraction of sp³-hybridized carbons (Fsp3) is 0.333. The van der Waals surface area contributed by atoms with Crippen LogP contribution in [0.3, 0.4) is 0 Å². The van der Waals surface area contributed by atoms with E-state index in [2.05, 4.69) is 13.7 Å². The van der Waals surface area contributed by atoms with E-state index in [4.69, 9.17) is 0 Å². The molecule has 0 unspecified atom stereocenters. The smallest absolute Gasteiger partial charge is 0.326 e. The molecular weight excluding hydrogens is 314 g/mol. The van der Waals surface area contributed by atoms with Gasteiger partial charge >= 0.3 is 5.69 Å². The summed E-state index contributed by atoms with van der Waals surface area (Å²) in [6.07, 6.45) is 3.01. The van der Waals surface area contributed by atoms with Gasteiger partial charge in [0.25, 0.3) is 5.91 Å². The van der Waals surface area contributed by atoms with E-state index >= 15 is 0 Å². The third kappa shape index (κ3) is 2.44. The maximum Gasteiger partial charge on any atom is 0.326 e. The Morgan fingerprint density at radius 3 is 2.78 bits per heavy atom. The molecule has 4 rings (SSSR count). The molecule has 3 heterocycles. The minimum Gasteiger partial charge on any atom is -0.337 e. The predicted octanol–water partition coefficient (Wildman–Crippen LogP) is 1.66. The fourth-order valence-corrected chi connectivity index (χ4v) is 3.59. The van der Waals surface area contributed by atoms with Crippen LogP contribution in [0.4, 0.5) is 0 Å². The second-order valence-corrected chi connectivity index (χ2v) is 6.19. The number of fused-ring (bicyclic) bond motifs is 1. The molecule has 1 aromatic carbocycles. The molecule has 0 atom stereocenters. The number of para-hydroxylation sites is 2. The Morgan fingerprint density at radius 2 is 2.04 bits per heavy atom. The summed E-state index contributed by atoms with van der Waals surface area (Å²) in [5, 5.41) is 0. The van der Waals surface area contributed by atoms with Gasteiger partial charge in [0.1, 0.15) is 0 Å². The summed E-state index contributed by atoms with van der Waals surface area (Å²) < 4.78 is 9.69. The van der Waals surface area contributed by atoms with Crippen LogP contribution in [0.15, 0.2) is 35.3 Å². The van der Waals surface area contributed by atoms with Gasteiger partial charge in [-0.3, -0.25) is 9.36 Å². The van der Waals surface area contributed by atoms with Crippen LogP contribution >= 0.6 is 11.7 Å². The van der Waals surface area contributed by atoms with Crippen LogP contribution in [0, 0.1) is 0 Å². The van der Waals surface area contributed by atoms with Crippen LogP contribution in [-0.4, -0.2) is 42.2 Å². The molecule has 118 valence electrons. The van der Waals surface area contributed by atoms with Crippen molar-refractivity contribution in [3.8, 4) is 0 Å². The number of H-pyrrole nitrogens is 1. The van der Waals surface area contributed by atoms with Crippen molar-refractivity contribution in [2.45, 2.75) is 18.9 Å². The number of likely N-dealkylation sites (tertiary alicyclic amines) is 1. The molecule has 1 saturated heterocycles. The summed E-state index contributed by atoms with van der Waals surface area (Å²) in [4.78, 5) is 29.2. The van der Waals surface area contributed by atoms with Crippen molar-refractivity contribution in [2.75, 3.05) is 13.1 Å². The van der Waals surface area contributed by atoms with Crippen molar-refractivity contribution in [2.24, 2.45) is 0 Å². The van der Waals surface area contributed by atoms with Crippen LogP contribution in [0.25, 0.3) is 11.0 Å². The monoisotopic (exact) mass is 329 g/mol. The highest BCUT2D eigenvalue weighted by Crippen LogP contribution is 2.25. The molecule has 0 spiro atoms. The highest BCUT2D eigenvalue weighted by molar-refractivity contribution is 6.99. The summed E-state index contributed by atoms with van der Waals surface area (Å²) in [6.45, 7) is 1.24. The number of hydrogen-bond acceptors (Lipinski definition) is 5. The Hall–Kier alpha value is -2.48. The molecule has 1 N–H and O–H groups in total.